The number of nitrogens with zero attached hydrogens (tertiary/aromatic N) is 6. The van der Waals surface area contributed by atoms with Crippen molar-refractivity contribution in [2.75, 3.05) is 12.4 Å². The van der Waals surface area contributed by atoms with Crippen LogP contribution in [0.2, 0.25) is 0 Å². The summed E-state index contributed by atoms with van der Waals surface area (Å²) in [6.45, 7) is 0.281. The van der Waals surface area contributed by atoms with E-state index in [1.807, 2.05) is 77.0 Å². The zero-order valence-electron chi connectivity index (χ0n) is 17.5. The summed E-state index contributed by atoms with van der Waals surface area (Å²) in [7, 11) is 0.809. The monoisotopic (exact) mass is 447 g/mol. The maximum absolute atomic E-state index is 11.3. The van der Waals surface area contributed by atoms with Gasteiger partial charge in [0.2, 0.25) is 16.8 Å². The molecule has 10 heteroatoms. The minimum absolute atomic E-state index is 0.281. The Hall–Kier alpha value is -3.76. The predicted octanol–water partition coefficient (Wildman–Crippen LogP) is 2.98. The lowest BCUT2D eigenvalue weighted by molar-refractivity contribution is 0.487. The Bertz CT molecular complexity index is 1510. The van der Waals surface area contributed by atoms with E-state index in [1.54, 1.807) is 13.2 Å². The third kappa shape index (κ3) is 3.70. The van der Waals surface area contributed by atoms with Crippen LogP contribution < -0.4 is 5.32 Å². The quantitative estimate of drug-likeness (QED) is 0.389. The lowest BCUT2D eigenvalue weighted by Crippen LogP contribution is -2.16. The van der Waals surface area contributed by atoms with E-state index in [1.165, 1.54) is 4.31 Å². The zero-order valence-corrected chi connectivity index (χ0v) is 18.4. The molecule has 0 aliphatic rings. The molecule has 32 heavy (non-hydrogen) atoms. The Labute approximate surface area is 186 Å². The topological polar surface area (TPSA) is 97.4 Å². The summed E-state index contributed by atoms with van der Waals surface area (Å²) in [5, 5.41) is 13.3. The summed E-state index contributed by atoms with van der Waals surface area (Å²) in [4.78, 5) is 4.44. The molecule has 0 aliphatic heterocycles. The van der Waals surface area contributed by atoms with E-state index in [-0.39, 0.29) is 6.54 Å². The van der Waals surface area contributed by atoms with E-state index < -0.39 is 10.9 Å². The number of aryl methyl sites for hydroxylation is 1. The van der Waals surface area contributed by atoms with Crippen LogP contribution in [-0.2, 0) is 24.5 Å². The van der Waals surface area contributed by atoms with Crippen molar-refractivity contribution in [3.05, 3.63) is 72.6 Å². The van der Waals surface area contributed by atoms with Gasteiger partial charge in [-0.25, -0.2) is 22.2 Å². The van der Waals surface area contributed by atoms with Gasteiger partial charge in [0.1, 0.15) is 0 Å². The van der Waals surface area contributed by atoms with Crippen LogP contribution >= 0.6 is 0 Å². The summed E-state index contributed by atoms with van der Waals surface area (Å²) in [6, 6.07) is 17.6. The molecule has 0 fully saturated rings. The van der Waals surface area contributed by atoms with Gasteiger partial charge in [0.25, 0.3) is 0 Å². The first-order valence-electron chi connectivity index (χ1n) is 9.97. The van der Waals surface area contributed by atoms with Gasteiger partial charge in [-0.3, -0.25) is 4.68 Å². The summed E-state index contributed by atoms with van der Waals surface area (Å²) >= 11 is 0. The summed E-state index contributed by atoms with van der Waals surface area (Å²) in [5.74, 6) is 0.453. The van der Waals surface area contributed by atoms with Crippen molar-refractivity contribution in [1.29, 1.82) is 0 Å². The molecule has 0 saturated heterocycles. The molecule has 0 radical (unpaired) electrons. The average Bonchev–Trinajstić information content (AvgIpc) is 3.37. The molecule has 2 aromatic carbocycles. The molecule has 9 nitrogen and oxygen atoms in total. The number of benzene rings is 2. The van der Waals surface area contributed by atoms with E-state index in [4.69, 9.17) is 5.10 Å². The second-order valence-electron chi connectivity index (χ2n) is 7.51. The second-order valence-corrected chi connectivity index (χ2v) is 8.67. The number of hydrogen-bond donors (Lipinski definition) is 2. The van der Waals surface area contributed by atoms with E-state index in [0.717, 1.165) is 38.9 Å². The van der Waals surface area contributed by atoms with Gasteiger partial charge in [-0.05, 0) is 35.9 Å². The van der Waals surface area contributed by atoms with Gasteiger partial charge in [-0.2, -0.15) is 5.10 Å². The first kappa shape index (κ1) is 20.2. The maximum Gasteiger partial charge on any atom is 0.245 e. The number of thiol groups is 1. The molecule has 1 N–H and O–H groups in total. The number of fused-ring (bicyclic) bond motifs is 2. The van der Waals surface area contributed by atoms with Crippen molar-refractivity contribution < 1.29 is 8.42 Å². The SMILES string of the molecule is CN(Cc1ccccc1-c1ccc2cnc(Nc3ccc4cnn(C)c4c3)nn12)[SH](=O)=O. The van der Waals surface area contributed by atoms with Crippen molar-refractivity contribution >= 4 is 38.9 Å². The predicted molar refractivity (Wildman–Crippen MR) is 124 cm³/mol. The van der Waals surface area contributed by atoms with Crippen LogP contribution in [0.15, 0.2) is 67.0 Å². The lowest BCUT2D eigenvalue weighted by Gasteiger charge is -2.13. The van der Waals surface area contributed by atoms with Gasteiger partial charge in [0, 0.05) is 37.3 Å². The first-order chi connectivity index (χ1) is 15.5. The third-order valence-electron chi connectivity index (χ3n) is 5.38. The first-order valence-corrected chi connectivity index (χ1v) is 11.1. The summed E-state index contributed by atoms with van der Waals surface area (Å²) in [6.07, 6.45) is 3.58. The molecule has 0 spiro atoms. The van der Waals surface area contributed by atoms with Gasteiger partial charge in [-0.1, -0.05) is 24.3 Å². The highest BCUT2D eigenvalue weighted by Gasteiger charge is 2.13. The van der Waals surface area contributed by atoms with Crippen LogP contribution in [-0.4, -0.2) is 44.1 Å². The molecular formula is C22H21N7O2S. The smallest absolute Gasteiger partial charge is 0.245 e. The Morgan fingerprint density at radius 1 is 1.06 bits per heavy atom. The molecule has 0 bridgehead atoms. The zero-order chi connectivity index (χ0) is 22.2. The van der Waals surface area contributed by atoms with Crippen LogP contribution in [0.4, 0.5) is 11.6 Å². The summed E-state index contributed by atoms with van der Waals surface area (Å²) in [5.41, 5.74) is 5.37. The van der Waals surface area contributed by atoms with Crippen molar-refractivity contribution in [3.63, 3.8) is 0 Å². The second kappa shape index (κ2) is 8.06. The summed E-state index contributed by atoms with van der Waals surface area (Å²) < 4.78 is 27.6. The molecule has 3 aromatic heterocycles. The van der Waals surface area contributed by atoms with Crippen molar-refractivity contribution in [2.24, 2.45) is 7.05 Å². The number of hydrogen-bond acceptors (Lipinski definition) is 6. The van der Waals surface area contributed by atoms with Crippen LogP contribution in [0.5, 0.6) is 0 Å². The van der Waals surface area contributed by atoms with Gasteiger partial charge in [0.05, 0.1) is 29.1 Å². The fourth-order valence-electron chi connectivity index (χ4n) is 3.73. The van der Waals surface area contributed by atoms with Crippen molar-refractivity contribution in [2.45, 2.75) is 6.54 Å². The van der Waals surface area contributed by atoms with Crippen LogP contribution in [0, 0.1) is 0 Å². The van der Waals surface area contributed by atoms with Crippen LogP contribution in [0.3, 0.4) is 0 Å². The molecular weight excluding hydrogens is 426 g/mol. The highest BCUT2D eigenvalue weighted by atomic mass is 32.2. The van der Waals surface area contributed by atoms with E-state index >= 15 is 0 Å². The van der Waals surface area contributed by atoms with Gasteiger partial charge in [0.15, 0.2) is 0 Å². The minimum atomic E-state index is -2.65. The highest BCUT2D eigenvalue weighted by molar-refractivity contribution is 7.69. The van der Waals surface area contributed by atoms with E-state index in [9.17, 15) is 8.42 Å². The van der Waals surface area contributed by atoms with Gasteiger partial charge >= 0.3 is 0 Å². The Morgan fingerprint density at radius 3 is 2.75 bits per heavy atom. The number of anilines is 2. The number of nitrogens with one attached hydrogen (secondary N) is 1. The van der Waals surface area contributed by atoms with Crippen molar-refractivity contribution in [1.82, 2.24) is 28.7 Å². The van der Waals surface area contributed by atoms with Gasteiger partial charge < -0.3 is 5.32 Å². The average molecular weight is 448 g/mol. The highest BCUT2D eigenvalue weighted by Crippen LogP contribution is 2.27. The molecule has 5 aromatic rings. The molecule has 3 heterocycles. The molecule has 5 rings (SSSR count). The minimum Gasteiger partial charge on any atom is -0.323 e. The normalized spacial score (nSPS) is 11.8. The number of rotatable bonds is 6. The van der Waals surface area contributed by atoms with E-state index in [2.05, 4.69) is 15.4 Å². The lowest BCUT2D eigenvalue weighted by atomic mass is 10.0. The Kier molecular flexibility index (Phi) is 5.08. The molecule has 162 valence electrons. The molecule has 0 unspecified atom stereocenters. The largest absolute Gasteiger partial charge is 0.323 e. The Morgan fingerprint density at radius 2 is 1.91 bits per heavy atom. The van der Waals surface area contributed by atoms with E-state index in [0.29, 0.717) is 5.95 Å². The molecule has 0 saturated carbocycles. The standard InChI is InChI=1S/C22H21N7O2S/c1-27(32(30)31)14-16-5-3-4-6-19(16)20-10-9-18-13-23-22(26-29(18)20)25-17-8-7-15-12-24-28(2)21(15)11-17/h3-13,32H,14H2,1-2H3,(H,25,26). The fraction of sp³-hybridized carbons (Fsp3) is 0.136. The maximum atomic E-state index is 11.3. The third-order valence-corrected chi connectivity index (χ3v) is 6.07. The fourth-order valence-corrected chi connectivity index (χ4v) is 3.99. The Balaban J connectivity index is 1.53. The van der Waals surface area contributed by atoms with Crippen LogP contribution in [0.25, 0.3) is 27.7 Å². The molecule has 0 atom stereocenters. The van der Waals surface area contributed by atoms with Crippen molar-refractivity contribution in [3.8, 4) is 11.3 Å². The molecule has 0 aliphatic carbocycles. The molecule has 0 amide bonds. The number of aromatic nitrogens is 5. The van der Waals surface area contributed by atoms with Crippen LogP contribution in [0.1, 0.15) is 5.56 Å². The van der Waals surface area contributed by atoms with Gasteiger partial charge in [-0.15, -0.1) is 5.10 Å².